The van der Waals surface area contributed by atoms with E-state index in [1.807, 2.05) is 0 Å². The summed E-state index contributed by atoms with van der Waals surface area (Å²) in [6.45, 7) is 5.41. The van der Waals surface area contributed by atoms with E-state index in [4.69, 9.17) is 17.0 Å². The molecule has 1 aromatic heterocycles. The number of nitrogens with one attached hydrogen (secondary N) is 1. The van der Waals surface area contributed by atoms with E-state index in [0.717, 1.165) is 23.9 Å². The summed E-state index contributed by atoms with van der Waals surface area (Å²) >= 11 is 6.44. The largest absolute Gasteiger partial charge is 0.456 e. The van der Waals surface area contributed by atoms with Crippen molar-refractivity contribution in [3.63, 3.8) is 0 Å². The molecule has 11 heteroatoms. The molecule has 4 rings (SSSR count). The topological polar surface area (TPSA) is 88.6 Å². The number of ether oxygens (including phenoxy) is 1. The molecule has 2 heterocycles. The zero-order valence-corrected chi connectivity index (χ0v) is 23.5. The fourth-order valence-corrected chi connectivity index (χ4v) is 4.93. The van der Waals surface area contributed by atoms with Crippen LogP contribution in [0.25, 0.3) is 17.3 Å². The second kappa shape index (κ2) is 12.1. The highest BCUT2D eigenvalue weighted by Crippen LogP contribution is 2.33. The van der Waals surface area contributed by atoms with Gasteiger partial charge in [0.1, 0.15) is 9.92 Å². The van der Waals surface area contributed by atoms with Gasteiger partial charge in [0.25, 0.3) is 5.91 Å². The zero-order chi connectivity index (χ0) is 29.0. The Hall–Kier alpha value is -3.96. The van der Waals surface area contributed by atoms with Crippen LogP contribution in [-0.2, 0) is 14.3 Å². The summed E-state index contributed by atoms with van der Waals surface area (Å²) in [5.74, 6) is -3.08. The first-order chi connectivity index (χ1) is 18.9. The van der Waals surface area contributed by atoms with Crippen LogP contribution in [0, 0.1) is 11.6 Å². The number of carbonyl (C=O) groups excluding carboxylic acids is 3. The molecule has 0 saturated carbocycles. The summed E-state index contributed by atoms with van der Waals surface area (Å²) in [5, 5.41) is 2.74. The van der Waals surface area contributed by atoms with E-state index in [2.05, 4.69) is 10.3 Å². The van der Waals surface area contributed by atoms with Gasteiger partial charge >= 0.3 is 5.97 Å². The summed E-state index contributed by atoms with van der Waals surface area (Å²) < 4.78 is 32.6. The number of halogens is 2. The fourth-order valence-electron chi connectivity index (χ4n) is 3.64. The van der Waals surface area contributed by atoms with Crippen molar-refractivity contribution in [2.24, 2.45) is 0 Å². The molecule has 0 unspecified atom stereocenters. The standard InChI is InChI=1S/C29H25F2N3O4S2/c1-29(2,3)38-27(37)17-7-10-19(11-8-17)33-25(35)13-14-34-26(36)24(40-28(34)39)16-20-5-4-6-23(32-20)18-9-12-21(30)22(31)15-18/h4-12,15-16H,13-14H2,1-3H3,(H,33,35)/b24-16-. The molecule has 1 N–H and O–H groups in total. The molecule has 2 aromatic carbocycles. The van der Waals surface area contributed by atoms with Crippen molar-refractivity contribution >= 4 is 57.8 Å². The highest BCUT2D eigenvalue weighted by molar-refractivity contribution is 8.26. The molecule has 0 radical (unpaired) electrons. The molecular weight excluding hydrogens is 556 g/mol. The van der Waals surface area contributed by atoms with Crippen molar-refractivity contribution in [2.45, 2.75) is 32.8 Å². The number of carbonyl (C=O) groups is 3. The monoisotopic (exact) mass is 581 g/mol. The van der Waals surface area contributed by atoms with Gasteiger partial charge in [-0.15, -0.1) is 0 Å². The van der Waals surface area contributed by atoms with E-state index in [9.17, 15) is 23.2 Å². The maximum atomic E-state index is 13.6. The lowest BCUT2D eigenvalue weighted by molar-refractivity contribution is -0.122. The SMILES string of the molecule is CC(C)(C)OC(=O)c1ccc(NC(=O)CCN2C(=O)/C(=C/c3cccc(-c4ccc(F)c(F)c4)n3)SC2=S)cc1. The van der Waals surface area contributed by atoms with Crippen LogP contribution in [-0.4, -0.2) is 44.1 Å². The van der Waals surface area contributed by atoms with Crippen molar-refractivity contribution in [2.75, 3.05) is 11.9 Å². The summed E-state index contributed by atoms with van der Waals surface area (Å²) in [5.41, 5.74) is 1.49. The third-order valence-electron chi connectivity index (χ3n) is 5.50. The van der Waals surface area contributed by atoms with Crippen molar-refractivity contribution in [3.05, 3.63) is 88.5 Å². The van der Waals surface area contributed by atoms with Crippen molar-refractivity contribution in [3.8, 4) is 11.3 Å². The molecule has 0 spiro atoms. The third kappa shape index (κ3) is 7.36. The number of rotatable bonds is 7. The maximum absolute atomic E-state index is 13.6. The first kappa shape index (κ1) is 29.0. The van der Waals surface area contributed by atoms with Crippen molar-refractivity contribution in [1.29, 1.82) is 0 Å². The van der Waals surface area contributed by atoms with Crippen LogP contribution < -0.4 is 5.32 Å². The van der Waals surface area contributed by atoms with Crippen LogP contribution >= 0.6 is 24.0 Å². The van der Waals surface area contributed by atoms with Gasteiger partial charge in [0.15, 0.2) is 11.6 Å². The van der Waals surface area contributed by atoms with E-state index in [1.54, 1.807) is 69.3 Å². The number of hydrogen-bond donors (Lipinski definition) is 1. The number of aromatic nitrogens is 1. The van der Waals surface area contributed by atoms with Crippen LogP contribution in [0.2, 0.25) is 0 Å². The van der Waals surface area contributed by atoms with Crippen LogP contribution in [0.5, 0.6) is 0 Å². The van der Waals surface area contributed by atoms with Crippen LogP contribution in [0.1, 0.15) is 43.2 Å². The molecule has 0 bridgehead atoms. The van der Waals surface area contributed by atoms with Gasteiger partial charge in [-0.25, -0.2) is 18.6 Å². The van der Waals surface area contributed by atoms with Crippen LogP contribution in [0.15, 0.2) is 65.6 Å². The average molecular weight is 582 g/mol. The highest BCUT2D eigenvalue weighted by Gasteiger charge is 2.32. The summed E-state index contributed by atoms with van der Waals surface area (Å²) in [7, 11) is 0. The molecular formula is C29H25F2N3O4S2. The quantitative estimate of drug-likeness (QED) is 0.202. The molecule has 206 valence electrons. The lowest BCUT2D eigenvalue weighted by Gasteiger charge is -2.19. The van der Waals surface area contributed by atoms with Crippen molar-refractivity contribution < 1.29 is 27.9 Å². The lowest BCUT2D eigenvalue weighted by Crippen LogP contribution is -2.31. The number of amides is 2. The maximum Gasteiger partial charge on any atom is 0.338 e. The molecule has 1 fully saturated rings. The van der Waals surface area contributed by atoms with E-state index in [0.29, 0.717) is 37.4 Å². The van der Waals surface area contributed by atoms with E-state index < -0.39 is 23.2 Å². The molecule has 3 aromatic rings. The van der Waals surface area contributed by atoms with Gasteiger partial charge in [0, 0.05) is 24.2 Å². The van der Waals surface area contributed by atoms with Crippen LogP contribution in [0.3, 0.4) is 0 Å². The zero-order valence-electron chi connectivity index (χ0n) is 21.9. The van der Waals surface area contributed by atoms with Gasteiger partial charge in [-0.1, -0.05) is 30.0 Å². The molecule has 0 aliphatic carbocycles. The first-order valence-corrected chi connectivity index (χ1v) is 13.4. The van der Waals surface area contributed by atoms with E-state index >= 15 is 0 Å². The fraction of sp³-hybridized carbons (Fsp3) is 0.207. The lowest BCUT2D eigenvalue weighted by atomic mass is 10.1. The predicted octanol–water partition coefficient (Wildman–Crippen LogP) is 6.21. The number of thioether (sulfide) groups is 1. The average Bonchev–Trinajstić information content (AvgIpc) is 3.15. The van der Waals surface area contributed by atoms with E-state index in [1.165, 1.54) is 11.0 Å². The second-order valence-electron chi connectivity index (χ2n) is 9.79. The van der Waals surface area contributed by atoms with Gasteiger partial charge in [0.2, 0.25) is 5.91 Å². The van der Waals surface area contributed by atoms with Gasteiger partial charge in [-0.2, -0.15) is 0 Å². The van der Waals surface area contributed by atoms with Crippen LogP contribution in [0.4, 0.5) is 14.5 Å². The smallest absolute Gasteiger partial charge is 0.338 e. The molecule has 1 aliphatic heterocycles. The predicted molar refractivity (Wildman–Crippen MR) is 154 cm³/mol. The number of pyridine rings is 1. The number of benzene rings is 2. The Kier molecular flexibility index (Phi) is 8.75. The second-order valence-corrected chi connectivity index (χ2v) is 11.5. The third-order valence-corrected chi connectivity index (χ3v) is 6.88. The Morgan fingerprint density at radius 2 is 1.80 bits per heavy atom. The Bertz CT molecular complexity index is 1520. The Labute approximate surface area is 239 Å². The molecule has 2 amide bonds. The number of anilines is 1. The molecule has 7 nitrogen and oxygen atoms in total. The summed E-state index contributed by atoms with van der Waals surface area (Å²) in [4.78, 5) is 43.8. The van der Waals surface area contributed by atoms with Gasteiger partial charge in [-0.3, -0.25) is 14.5 Å². The number of nitrogens with zero attached hydrogens (tertiary/aromatic N) is 2. The van der Waals surface area contributed by atoms with Crippen molar-refractivity contribution in [1.82, 2.24) is 9.88 Å². The Morgan fingerprint density at radius 1 is 1.07 bits per heavy atom. The minimum absolute atomic E-state index is 0.00258. The highest BCUT2D eigenvalue weighted by atomic mass is 32.2. The molecule has 1 saturated heterocycles. The minimum Gasteiger partial charge on any atom is -0.456 e. The number of hydrogen-bond acceptors (Lipinski definition) is 7. The number of thiocarbonyl (C=S) groups is 1. The Balaban J connectivity index is 1.35. The molecule has 1 aliphatic rings. The van der Waals surface area contributed by atoms with Gasteiger partial charge in [0.05, 0.1) is 21.9 Å². The number of esters is 1. The van der Waals surface area contributed by atoms with Gasteiger partial charge < -0.3 is 10.1 Å². The normalized spacial score (nSPS) is 14.5. The summed E-state index contributed by atoms with van der Waals surface area (Å²) in [6.07, 6.45) is 1.56. The molecule has 40 heavy (non-hydrogen) atoms. The minimum atomic E-state index is -0.979. The first-order valence-electron chi connectivity index (χ1n) is 12.2. The molecule has 0 atom stereocenters. The Morgan fingerprint density at radius 3 is 2.48 bits per heavy atom. The van der Waals surface area contributed by atoms with E-state index in [-0.39, 0.29) is 24.8 Å². The van der Waals surface area contributed by atoms with Gasteiger partial charge in [-0.05, 0) is 81.4 Å². The summed E-state index contributed by atoms with van der Waals surface area (Å²) in [6, 6.07) is 14.8.